The van der Waals surface area contributed by atoms with E-state index in [0.29, 0.717) is 34.5 Å². The standard InChI is InChI=1S/C43H60O4/c1-28(2)15-14-16-29(3)34-21-22-35-32-27-33(40(45)46-31-19-12-9-13-20-31)38-41(4,5)37(47-39(44)30-17-10-8-11-18-30)24-26-43(38,7)36(32)23-25-42(34,35)6/h8-13,17-20,28-29,32-38H,14-16,21-27H2,1-7H3. The predicted molar refractivity (Wildman–Crippen MR) is 189 cm³/mol. The van der Waals surface area contributed by atoms with E-state index >= 15 is 0 Å². The lowest BCUT2D eigenvalue weighted by atomic mass is 9.38. The molecule has 4 fully saturated rings. The molecule has 4 heteroatoms. The Bertz CT molecular complexity index is 1380. The van der Waals surface area contributed by atoms with Crippen LogP contribution in [0.25, 0.3) is 0 Å². The van der Waals surface area contributed by atoms with E-state index in [4.69, 9.17) is 9.47 Å². The molecule has 4 aliphatic rings. The fourth-order valence-corrected chi connectivity index (χ4v) is 12.2. The van der Waals surface area contributed by atoms with Crippen LogP contribution in [-0.2, 0) is 9.53 Å². The first-order valence-corrected chi connectivity index (χ1v) is 18.9. The SMILES string of the molecule is CC(C)CCCC(C)C1CCC2C3CC(C(=O)Oc4ccccc4)C4C(C)(C)C(OC(=O)c5ccccc5)CCC4(C)C3CCC12C. The normalized spacial score (nSPS) is 36.5. The molecule has 6 rings (SSSR count). The van der Waals surface area contributed by atoms with Gasteiger partial charge in [0.05, 0.1) is 11.5 Å². The van der Waals surface area contributed by atoms with Crippen LogP contribution in [0.3, 0.4) is 0 Å². The lowest BCUT2D eigenvalue weighted by Gasteiger charge is -2.66. The quantitative estimate of drug-likeness (QED) is 0.202. The Balaban J connectivity index is 1.30. The molecule has 0 bridgehead atoms. The van der Waals surface area contributed by atoms with Crippen molar-refractivity contribution in [1.29, 1.82) is 0 Å². The summed E-state index contributed by atoms with van der Waals surface area (Å²) in [5.74, 6) is 4.12. The number of carbonyl (C=O) groups is 2. The minimum Gasteiger partial charge on any atom is -0.458 e. The van der Waals surface area contributed by atoms with Gasteiger partial charge in [-0.1, -0.05) is 104 Å². The molecule has 4 saturated carbocycles. The molecule has 256 valence electrons. The summed E-state index contributed by atoms with van der Waals surface area (Å²) in [4.78, 5) is 27.8. The molecule has 0 N–H and O–H groups in total. The van der Waals surface area contributed by atoms with Crippen LogP contribution in [0.2, 0.25) is 0 Å². The number of ether oxygens (including phenoxy) is 2. The van der Waals surface area contributed by atoms with Gasteiger partial charge in [0.2, 0.25) is 0 Å². The van der Waals surface area contributed by atoms with Gasteiger partial charge in [-0.05, 0) is 121 Å². The Morgan fingerprint density at radius 3 is 2.11 bits per heavy atom. The molecule has 10 atom stereocenters. The third kappa shape index (κ3) is 6.32. The van der Waals surface area contributed by atoms with Crippen molar-refractivity contribution in [2.24, 2.45) is 63.6 Å². The van der Waals surface area contributed by atoms with Gasteiger partial charge in [-0.2, -0.15) is 0 Å². The van der Waals surface area contributed by atoms with Gasteiger partial charge < -0.3 is 9.47 Å². The molecule has 4 aliphatic carbocycles. The van der Waals surface area contributed by atoms with Crippen LogP contribution in [0.1, 0.15) is 123 Å². The average molecular weight is 641 g/mol. The lowest BCUT2D eigenvalue weighted by molar-refractivity contribution is -0.208. The third-order valence-corrected chi connectivity index (χ3v) is 14.2. The summed E-state index contributed by atoms with van der Waals surface area (Å²) < 4.78 is 12.6. The van der Waals surface area contributed by atoms with Crippen molar-refractivity contribution in [1.82, 2.24) is 0 Å². The highest BCUT2D eigenvalue weighted by Crippen LogP contribution is 2.71. The van der Waals surface area contributed by atoms with Crippen molar-refractivity contribution in [2.75, 3.05) is 0 Å². The maximum Gasteiger partial charge on any atom is 0.338 e. The zero-order valence-corrected chi connectivity index (χ0v) is 30.2. The Morgan fingerprint density at radius 1 is 0.787 bits per heavy atom. The van der Waals surface area contributed by atoms with Gasteiger partial charge in [-0.25, -0.2) is 4.79 Å². The largest absolute Gasteiger partial charge is 0.458 e. The second-order valence-corrected chi connectivity index (χ2v) is 17.6. The van der Waals surface area contributed by atoms with Crippen LogP contribution in [0.5, 0.6) is 5.75 Å². The summed E-state index contributed by atoms with van der Waals surface area (Å²) >= 11 is 0. The zero-order valence-electron chi connectivity index (χ0n) is 30.2. The van der Waals surface area contributed by atoms with E-state index in [2.05, 4.69) is 48.5 Å². The van der Waals surface area contributed by atoms with Gasteiger partial charge in [0, 0.05) is 5.41 Å². The van der Waals surface area contributed by atoms with Gasteiger partial charge in [-0.15, -0.1) is 0 Å². The number of benzene rings is 2. The first kappa shape index (κ1) is 34.3. The van der Waals surface area contributed by atoms with Crippen molar-refractivity contribution in [3.8, 4) is 5.75 Å². The molecule has 10 unspecified atom stereocenters. The van der Waals surface area contributed by atoms with Crippen LogP contribution in [-0.4, -0.2) is 18.0 Å². The smallest absolute Gasteiger partial charge is 0.338 e. The number of rotatable bonds is 9. The summed E-state index contributed by atoms with van der Waals surface area (Å²) in [6.45, 7) is 16.9. The molecule has 0 amide bonds. The topological polar surface area (TPSA) is 52.6 Å². The minimum absolute atomic E-state index is 0.0231. The number of hydrogen-bond acceptors (Lipinski definition) is 4. The van der Waals surface area contributed by atoms with Crippen LogP contribution in [0, 0.1) is 63.6 Å². The van der Waals surface area contributed by atoms with E-state index in [1.165, 1.54) is 44.9 Å². The van der Waals surface area contributed by atoms with Gasteiger partial charge in [0.1, 0.15) is 11.9 Å². The van der Waals surface area contributed by atoms with E-state index in [9.17, 15) is 9.59 Å². The number of esters is 2. The van der Waals surface area contributed by atoms with Gasteiger partial charge in [0.15, 0.2) is 0 Å². The number of carbonyl (C=O) groups excluding carboxylic acids is 2. The Labute approximate surface area is 284 Å². The van der Waals surface area contributed by atoms with Crippen LogP contribution < -0.4 is 4.74 Å². The van der Waals surface area contributed by atoms with E-state index in [1.54, 1.807) is 0 Å². The highest BCUT2D eigenvalue weighted by molar-refractivity contribution is 5.89. The van der Waals surface area contributed by atoms with Crippen LogP contribution in [0.4, 0.5) is 0 Å². The Kier molecular flexibility index (Phi) is 9.73. The highest BCUT2D eigenvalue weighted by Gasteiger charge is 2.67. The van der Waals surface area contributed by atoms with Crippen LogP contribution in [0.15, 0.2) is 60.7 Å². The van der Waals surface area contributed by atoms with Crippen molar-refractivity contribution in [2.45, 2.75) is 119 Å². The predicted octanol–water partition coefficient (Wildman–Crippen LogP) is 10.8. The summed E-state index contributed by atoms with van der Waals surface area (Å²) in [5, 5.41) is 0. The molecule has 0 aliphatic heterocycles. The van der Waals surface area contributed by atoms with Crippen molar-refractivity contribution >= 4 is 11.9 Å². The molecular formula is C43H60O4. The Hall–Kier alpha value is -2.62. The molecule has 0 saturated heterocycles. The molecule has 0 aromatic heterocycles. The van der Waals surface area contributed by atoms with Crippen molar-refractivity contribution in [3.05, 3.63) is 66.2 Å². The molecular weight excluding hydrogens is 580 g/mol. The second kappa shape index (κ2) is 13.4. The summed E-state index contributed by atoms with van der Waals surface area (Å²) in [6.07, 6.45) is 11.6. The zero-order chi connectivity index (χ0) is 33.6. The summed E-state index contributed by atoms with van der Waals surface area (Å²) in [5.41, 5.74) is 0.520. The number of para-hydroxylation sites is 1. The number of hydrogen-bond donors (Lipinski definition) is 0. The van der Waals surface area contributed by atoms with Gasteiger partial charge >= 0.3 is 11.9 Å². The van der Waals surface area contributed by atoms with E-state index in [1.807, 2.05) is 60.7 Å². The molecule has 0 heterocycles. The van der Waals surface area contributed by atoms with Crippen molar-refractivity contribution < 1.29 is 19.1 Å². The summed E-state index contributed by atoms with van der Waals surface area (Å²) in [7, 11) is 0. The molecule has 47 heavy (non-hydrogen) atoms. The summed E-state index contributed by atoms with van der Waals surface area (Å²) in [6, 6.07) is 18.9. The molecule has 0 spiro atoms. The molecule has 2 aromatic carbocycles. The van der Waals surface area contributed by atoms with Crippen molar-refractivity contribution in [3.63, 3.8) is 0 Å². The fourth-order valence-electron chi connectivity index (χ4n) is 12.2. The number of fused-ring (bicyclic) bond motifs is 5. The maximum atomic E-state index is 14.5. The third-order valence-electron chi connectivity index (χ3n) is 14.2. The van der Waals surface area contributed by atoms with Crippen LogP contribution >= 0.6 is 0 Å². The van der Waals surface area contributed by atoms with E-state index in [-0.39, 0.29) is 40.7 Å². The lowest BCUT2D eigenvalue weighted by Crippen LogP contribution is -2.64. The van der Waals surface area contributed by atoms with Gasteiger partial charge in [0.25, 0.3) is 0 Å². The minimum atomic E-state index is -0.382. The maximum absolute atomic E-state index is 14.5. The van der Waals surface area contributed by atoms with Gasteiger partial charge in [-0.3, -0.25) is 4.79 Å². The van der Waals surface area contributed by atoms with E-state index in [0.717, 1.165) is 37.0 Å². The Morgan fingerprint density at radius 2 is 1.43 bits per heavy atom. The highest BCUT2D eigenvalue weighted by atomic mass is 16.5. The first-order chi connectivity index (χ1) is 22.4. The monoisotopic (exact) mass is 640 g/mol. The second-order valence-electron chi connectivity index (χ2n) is 17.6. The fraction of sp³-hybridized carbons (Fsp3) is 0.674. The van der Waals surface area contributed by atoms with E-state index < -0.39 is 0 Å². The molecule has 0 radical (unpaired) electrons. The molecule has 4 nitrogen and oxygen atoms in total. The molecule has 2 aromatic rings. The first-order valence-electron chi connectivity index (χ1n) is 18.9. The average Bonchev–Trinajstić information content (AvgIpc) is 3.40.